The molecule has 0 unspecified atom stereocenters. The van der Waals surface area contributed by atoms with E-state index in [4.69, 9.17) is 9.72 Å². The summed E-state index contributed by atoms with van der Waals surface area (Å²) in [5, 5.41) is 14.6. The van der Waals surface area contributed by atoms with E-state index in [1.54, 1.807) is 23.6 Å². The van der Waals surface area contributed by atoms with Gasteiger partial charge in [-0.2, -0.15) is 5.26 Å². The van der Waals surface area contributed by atoms with Crippen molar-refractivity contribution in [1.82, 2.24) is 9.97 Å². The standard InChI is InChI=1S/C23H20N4OS/c24-14-15-6-8-19-18(12-15)21(10-11-25-19)28-17-7-9-20-22(13-17)29-23(27-20)26-16-4-2-1-3-5-16/h6-13,16H,1-5H2,(H,26,27). The Hall–Kier alpha value is -3.17. The lowest BCUT2D eigenvalue weighted by Gasteiger charge is -2.22. The van der Waals surface area contributed by atoms with Gasteiger partial charge in [-0.05, 0) is 49.2 Å². The van der Waals surface area contributed by atoms with Crippen LogP contribution in [0.5, 0.6) is 11.5 Å². The largest absolute Gasteiger partial charge is 0.457 e. The normalized spacial score (nSPS) is 14.7. The molecule has 1 saturated carbocycles. The molecule has 2 aromatic heterocycles. The molecule has 0 radical (unpaired) electrons. The monoisotopic (exact) mass is 400 g/mol. The second-order valence-corrected chi connectivity index (χ2v) is 8.41. The van der Waals surface area contributed by atoms with Gasteiger partial charge in [0.05, 0.1) is 27.4 Å². The van der Waals surface area contributed by atoms with Crippen LogP contribution in [-0.4, -0.2) is 16.0 Å². The maximum absolute atomic E-state index is 9.19. The van der Waals surface area contributed by atoms with Gasteiger partial charge in [0.1, 0.15) is 11.5 Å². The Morgan fingerprint density at radius 2 is 1.90 bits per heavy atom. The van der Waals surface area contributed by atoms with Crippen molar-refractivity contribution in [3.63, 3.8) is 0 Å². The second-order valence-electron chi connectivity index (χ2n) is 7.38. The van der Waals surface area contributed by atoms with E-state index in [1.807, 2.05) is 36.4 Å². The average Bonchev–Trinajstić information content (AvgIpc) is 3.16. The molecule has 1 aliphatic carbocycles. The van der Waals surface area contributed by atoms with Gasteiger partial charge >= 0.3 is 0 Å². The van der Waals surface area contributed by atoms with Gasteiger partial charge in [-0.1, -0.05) is 30.6 Å². The number of aromatic nitrogens is 2. The fraction of sp³-hybridized carbons (Fsp3) is 0.261. The van der Waals surface area contributed by atoms with Gasteiger partial charge in [0.2, 0.25) is 0 Å². The summed E-state index contributed by atoms with van der Waals surface area (Å²) < 4.78 is 7.26. The number of ether oxygens (including phenoxy) is 1. The topological polar surface area (TPSA) is 70.8 Å². The van der Waals surface area contributed by atoms with Crippen LogP contribution in [0, 0.1) is 11.3 Å². The van der Waals surface area contributed by atoms with Crippen molar-refractivity contribution in [2.75, 3.05) is 5.32 Å². The molecule has 0 atom stereocenters. The van der Waals surface area contributed by atoms with Crippen LogP contribution in [0.25, 0.3) is 21.1 Å². The van der Waals surface area contributed by atoms with E-state index in [9.17, 15) is 5.26 Å². The molecule has 5 rings (SSSR count). The Kier molecular flexibility index (Phi) is 4.74. The Balaban J connectivity index is 1.42. The molecular formula is C23H20N4OS. The van der Waals surface area contributed by atoms with E-state index in [1.165, 1.54) is 32.1 Å². The maximum atomic E-state index is 9.19. The molecule has 2 heterocycles. The number of nitriles is 1. The molecule has 4 aromatic rings. The van der Waals surface area contributed by atoms with E-state index < -0.39 is 0 Å². The van der Waals surface area contributed by atoms with Crippen LogP contribution in [-0.2, 0) is 0 Å². The van der Waals surface area contributed by atoms with Gasteiger partial charge in [0, 0.05) is 23.7 Å². The summed E-state index contributed by atoms with van der Waals surface area (Å²) in [7, 11) is 0. The lowest BCUT2D eigenvalue weighted by molar-refractivity contribution is 0.462. The predicted octanol–water partition coefficient (Wildman–Crippen LogP) is 6.25. The van der Waals surface area contributed by atoms with Gasteiger partial charge in [-0.3, -0.25) is 4.98 Å². The van der Waals surface area contributed by atoms with Gasteiger partial charge in [0.25, 0.3) is 0 Å². The van der Waals surface area contributed by atoms with Crippen LogP contribution in [0.15, 0.2) is 48.7 Å². The van der Waals surface area contributed by atoms with E-state index in [-0.39, 0.29) is 0 Å². The van der Waals surface area contributed by atoms with Crippen LogP contribution in [0.3, 0.4) is 0 Å². The lowest BCUT2D eigenvalue weighted by atomic mass is 9.96. The first-order chi connectivity index (χ1) is 14.3. The summed E-state index contributed by atoms with van der Waals surface area (Å²) >= 11 is 1.67. The third kappa shape index (κ3) is 3.74. The number of hydrogen-bond acceptors (Lipinski definition) is 6. The van der Waals surface area contributed by atoms with E-state index in [0.29, 0.717) is 17.4 Å². The highest BCUT2D eigenvalue weighted by Gasteiger charge is 2.15. The van der Waals surface area contributed by atoms with Crippen LogP contribution in [0.2, 0.25) is 0 Å². The van der Waals surface area contributed by atoms with Crippen molar-refractivity contribution in [2.45, 2.75) is 38.1 Å². The average molecular weight is 401 g/mol. The molecule has 6 heteroatoms. The Morgan fingerprint density at radius 1 is 1.03 bits per heavy atom. The molecule has 1 aliphatic rings. The molecule has 0 amide bonds. The third-order valence-corrected chi connectivity index (χ3v) is 6.30. The van der Waals surface area contributed by atoms with Gasteiger partial charge in [-0.15, -0.1) is 0 Å². The predicted molar refractivity (Wildman–Crippen MR) is 117 cm³/mol. The third-order valence-electron chi connectivity index (χ3n) is 5.35. The molecule has 5 nitrogen and oxygen atoms in total. The van der Waals surface area contributed by atoms with E-state index in [2.05, 4.69) is 16.4 Å². The van der Waals surface area contributed by atoms with Crippen LogP contribution in [0.1, 0.15) is 37.7 Å². The smallest absolute Gasteiger partial charge is 0.184 e. The first-order valence-corrected chi connectivity index (χ1v) is 10.7. The summed E-state index contributed by atoms with van der Waals surface area (Å²) in [4.78, 5) is 9.10. The van der Waals surface area contributed by atoms with E-state index >= 15 is 0 Å². The first-order valence-electron chi connectivity index (χ1n) is 9.92. The van der Waals surface area contributed by atoms with Crippen molar-refractivity contribution in [1.29, 1.82) is 5.26 Å². The molecule has 1 fully saturated rings. The maximum Gasteiger partial charge on any atom is 0.184 e. The molecule has 29 heavy (non-hydrogen) atoms. The van der Waals surface area contributed by atoms with Gasteiger partial charge < -0.3 is 10.1 Å². The second kappa shape index (κ2) is 7.69. The molecule has 0 saturated heterocycles. The number of hydrogen-bond donors (Lipinski definition) is 1. The fourth-order valence-electron chi connectivity index (χ4n) is 3.86. The number of thiazole rings is 1. The minimum atomic E-state index is 0.539. The van der Waals surface area contributed by atoms with Crippen LogP contribution >= 0.6 is 11.3 Å². The SMILES string of the molecule is N#Cc1ccc2nccc(Oc3ccc4nc(NC5CCCCC5)sc4c3)c2c1. The van der Waals surface area contributed by atoms with Crippen molar-refractivity contribution < 1.29 is 4.74 Å². The van der Waals surface area contributed by atoms with Crippen LogP contribution in [0.4, 0.5) is 5.13 Å². The summed E-state index contributed by atoms with van der Waals surface area (Å²) in [5.74, 6) is 1.44. The fourth-order valence-corrected chi connectivity index (χ4v) is 4.83. The number of anilines is 1. The molecular weight excluding hydrogens is 380 g/mol. The highest BCUT2D eigenvalue weighted by molar-refractivity contribution is 7.22. The summed E-state index contributed by atoms with van der Waals surface area (Å²) in [6.07, 6.45) is 8.12. The van der Waals surface area contributed by atoms with Crippen molar-refractivity contribution in [3.05, 3.63) is 54.2 Å². The zero-order chi connectivity index (χ0) is 19.6. The Bertz CT molecular complexity index is 1220. The molecule has 2 aromatic carbocycles. The summed E-state index contributed by atoms with van der Waals surface area (Å²) in [6.45, 7) is 0. The van der Waals surface area contributed by atoms with Crippen molar-refractivity contribution >= 4 is 37.6 Å². The number of benzene rings is 2. The number of fused-ring (bicyclic) bond motifs is 2. The molecule has 0 spiro atoms. The summed E-state index contributed by atoms with van der Waals surface area (Å²) in [6, 6.07) is 15.9. The highest BCUT2D eigenvalue weighted by atomic mass is 32.1. The van der Waals surface area contributed by atoms with Gasteiger partial charge in [-0.25, -0.2) is 4.98 Å². The molecule has 144 valence electrons. The lowest BCUT2D eigenvalue weighted by Crippen LogP contribution is -2.21. The highest BCUT2D eigenvalue weighted by Crippen LogP contribution is 2.34. The zero-order valence-corrected chi connectivity index (χ0v) is 16.7. The summed E-state index contributed by atoms with van der Waals surface area (Å²) in [5.41, 5.74) is 2.37. The number of nitrogens with one attached hydrogen (secondary N) is 1. The van der Waals surface area contributed by atoms with Crippen LogP contribution < -0.4 is 10.1 Å². The number of pyridine rings is 1. The van der Waals surface area contributed by atoms with Crippen molar-refractivity contribution in [2.24, 2.45) is 0 Å². The van der Waals surface area contributed by atoms with Crippen molar-refractivity contribution in [3.8, 4) is 17.6 Å². The number of nitrogens with zero attached hydrogens (tertiary/aromatic N) is 3. The Morgan fingerprint density at radius 3 is 2.76 bits per heavy atom. The van der Waals surface area contributed by atoms with Gasteiger partial charge in [0.15, 0.2) is 5.13 Å². The van der Waals surface area contributed by atoms with E-state index in [0.717, 1.165) is 32.0 Å². The zero-order valence-electron chi connectivity index (χ0n) is 15.9. The molecule has 0 aliphatic heterocycles. The Labute approximate surface area is 173 Å². The molecule has 1 N–H and O–H groups in total. The number of rotatable bonds is 4. The first kappa shape index (κ1) is 17.9. The minimum absolute atomic E-state index is 0.539. The minimum Gasteiger partial charge on any atom is -0.457 e. The quantitative estimate of drug-likeness (QED) is 0.438. The molecule has 0 bridgehead atoms.